The Hall–Kier alpha value is -1.51. The van der Waals surface area contributed by atoms with Crippen LogP contribution in [0.3, 0.4) is 0 Å². The molecule has 0 radical (unpaired) electrons. The summed E-state index contributed by atoms with van der Waals surface area (Å²) in [5, 5.41) is 8.93. The zero-order valence-electron chi connectivity index (χ0n) is 9.28. The quantitative estimate of drug-likeness (QED) is 0.827. The molecule has 1 rings (SSSR count). The molecule has 0 aliphatic heterocycles. The van der Waals surface area contributed by atoms with Crippen molar-refractivity contribution in [3.63, 3.8) is 0 Å². The fourth-order valence-corrected chi connectivity index (χ4v) is 1.38. The molecular weight excluding hydrogens is 192 g/mol. The Kier molecular flexibility index (Phi) is 3.72. The molecule has 0 heterocycles. The lowest BCUT2D eigenvalue weighted by Crippen LogP contribution is -2.01. The maximum absolute atomic E-state index is 10.9. The third-order valence-corrected chi connectivity index (χ3v) is 2.59. The molecule has 0 spiro atoms. The van der Waals surface area contributed by atoms with Crippen LogP contribution < -0.4 is 4.74 Å². The number of carbonyl (C=O) groups is 1. The van der Waals surface area contributed by atoms with Gasteiger partial charge in [-0.05, 0) is 36.1 Å². The van der Waals surface area contributed by atoms with E-state index in [4.69, 9.17) is 9.84 Å². The zero-order valence-corrected chi connectivity index (χ0v) is 9.28. The number of methoxy groups -OCH3 is 1. The Balaban J connectivity index is 3.16. The van der Waals surface area contributed by atoms with Crippen LogP contribution in [0.2, 0.25) is 0 Å². The standard InChI is InChI=1S/C12H16O3/c1-4-8(2)9-5-10(12(13)14)7-11(6-9)15-3/h5-8H,4H2,1-3H3,(H,13,14). The highest BCUT2D eigenvalue weighted by atomic mass is 16.5. The van der Waals surface area contributed by atoms with Gasteiger partial charge >= 0.3 is 5.97 Å². The van der Waals surface area contributed by atoms with E-state index in [1.54, 1.807) is 13.2 Å². The van der Waals surface area contributed by atoms with Gasteiger partial charge < -0.3 is 9.84 Å². The largest absolute Gasteiger partial charge is 0.497 e. The van der Waals surface area contributed by atoms with Gasteiger partial charge in [0.05, 0.1) is 12.7 Å². The minimum atomic E-state index is -0.918. The molecule has 0 fully saturated rings. The van der Waals surface area contributed by atoms with Crippen molar-refractivity contribution >= 4 is 5.97 Å². The molecule has 1 unspecified atom stereocenters. The van der Waals surface area contributed by atoms with Crippen molar-refractivity contribution in [2.75, 3.05) is 7.11 Å². The number of carboxylic acid groups (broad SMARTS) is 1. The SMILES string of the molecule is CCC(C)c1cc(OC)cc(C(=O)O)c1. The summed E-state index contributed by atoms with van der Waals surface area (Å²) in [5.74, 6) is 0.0295. The summed E-state index contributed by atoms with van der Waals surface area (Å²) < 4.78 is 5.08. The van der Waals surface area contributed by atoms with Gasteiger partial charge in [0, 0.05) is 0 Å². The minimum absolute atomic E-state index is 0.282. The molecule has 0 aliphatic carbocycles. The van der Waals surface area contributed by atoms with E-state index in [1.807, 2.05) is 6.07 Å². The van der Waals surface area contributed by atoms with Crippen LogP contribution in [0.15, 0.2) is 18.2 Å². The van der Waals surface area contributed by atoms with Crippen LogP contribution in [0.4, 0.5) is 0 Å². The van der Waals surface area contributed by atoms with Gasteiger partial charge in [-0.3, -0.25) is 0 Å². The van der Waals surface area contributed by atoms with Gasteiger partial charge in [-0.1, -0.05) is 13.8 Å². The molecule has 3 heteroatoms. The van der Waals surface area contributed by atoms with Crippen molar-refractivity contribution < 1.29 is 14.6 Å². The van der Waals surface area contributed by atoms with Gasteiger partial charge in [0.25, 0.3) is 0 Å². The lowest BCUT2D eigenvalue weighted by atomic mass is 9.96. The summed E-state index contributed by atoms with van der Waals surface area (Å²) >= 11 is 0. The summed E-state index contributed by atoms with van der Waals surface area (Å²) in [7, 11) is 1.54. The Bertz CT molecular complexity index is 358. The molecule has 15 heavy (non-hydrogen) atoms. The molecule has 1 N–H and O–H groups in total. The van der Waals surface area contributed by atoms with E-state index >= 15 is 0 Å². The molecule has 0 saturated carbocycles. The number of benzene rings is 1. The summed E-state index contributed by atoms with van der Waals surface area (Å²) in [6.07, 6.45) is 0.978. The number of hydrogen-bond acceptors (Lipinski definition) is 2. The number of hydrogen-bond donors (Lipinski definition) is 1. The smallest absolute Gasteiger partial charge is 0.335 e. The third-order valence-electron chi connectivity index (χ3n) is 2.59. The van der Waals surface area contributed by atoms with E-state index in [2.05, 4.69) is 13.8 Å². The highest BCUT2D eigenvalue weighted by molar-refractivity contribution is 5.88. The van der Waals surface area contributed by atoms with Crippen molar-refractivity contribution in [1.82, 2.24) is 0 Å². The molecule has 0 bridgehead atoms. The van der Waals surface area contributed by atoms with Crippen LogP contribution >= 0.6 is 0 Å². The van der Waals surface area contributed by atoms with Crippen LogP contribution in [0.1, 0.15) is 42.1 Å². The first-order valence-corrected chi connectivity index (χ1v) is 5.00. The van der Waals surface area contributed by atoms with Gasteiger partial charge in [-0.25, -0.2) is 4.79 Å². The molecule has 0 aromatic heterocycles. The van der Waals surface area contributed by atoms with E-state index < -0.39 is 5.97 Å². The van der Waals surface area contributed by atoms with Crippen LogP contribution in [0.25, 0.3) is 0 Å². The molecule has 3 nitrogen and oxygen atoms in total. The lowest BCUT2D eigenvalue weighted by molar-refractivity contribution is 0.0696. The number of aromatic carboxylic acids is 1. The summed E-state index contributed by atoms with van der Waals surface area (Å²) in [5.41, 5.74) is 1.29. The Morgan fingerprint density at radius 3 is 2.60 bits per heavy atom. The maximum atomic E-state index is 10.9. The van der Waals surface area contributed by atoms with Crippen LogP contribution in [0, 0.1) is 0 Å². The van der Waals surface area contributed by atoms with E-state index in [0.717, 1.165) is 12.0 Å². The molecular formula is C12H16O3. The molecule has 1 atom stereocenters. The lowest BCUT2D eigenvalue weighted by Gasteiger charge is -2.11. The molecule has 1 aromatic rings. The summed E-state index contributed by atoms with van der Waals surface area (Å²) in [4.78, 5) is 10.9. The highest BCUT2D eigenvalue weighted by Crippen LogP contribution is 2.25. The topological polar surface area (TPSA) is 46.5 Å². The Labute approximate surface area is 89.7 Å². The fraction of sp³-hybridized carbons (Fsp3) is 0.417. The van der Waals surface area contributed by atoms with Crippen LogP contribution in [-0.2, 0) is 0 Å². The molecule has 0 saturated heterocycles. The van der Waals surface area contributed by atoms with Crippen LogP contribution in [-0.4, -0.2) is 18.2 Å². The van der Waals surface area contributed by atoms with E-state index in [-0.39, 0.29) is 5.56 Å². The summed E-state index contributed by atoms with van der Waals surface area (Å²) in [6, 6.07) is 5.13. The van der Waals surface area contributed by atoms with Crippen molar-refractivity contribution in [2.24, 2.45) is 0 Å². The number of rotatable bonds is 4. The average Bonchev–Trinajstić information content (AvgIpc) is 2.27. The van der Waals surface area contributed by atoms with Gasteiger partial charge in [-0.15, -0.1) is 0 Å². The predicted molar refractivity (Wildman–Crippen MR) is 58.7 cm³/mol. The third kappa shape index (κ3) is 2.72. The van der Waals surface area contributed by atoms with Crippen molar-refractivity contribution in [2.45, 2.75) is 26.2 Å². The van der Waals surface area contributed by atoms with E-state index in [0.29, 0.717) is 11.7 Å². The van der Waals surface area contributed by atoms with Gasteiger partial charge in [0.2, 0.25) is 0 Å². The average molecular weight is 208 g/mol. The minimum Gasteiger partial charge on any atom is -0.497 e. The first-order valence-electron chi connectivity index (χ1n) is 5.00. The van der Waals surface area contributed by atoms with Crippen LogP contribution in [0.5, 0.6) is 5.75 Å². The predicted octanol–water partition coefficient (Wildman–Crippen LogP) is 2.91. The van der Waals surface area contributed by atoms with Crippen molar-refractivity contribution in [3.05, 3.63) is 29.3 Å². The first kappa shape index (κ1) is 11.6. The molecule has 0 amide bonds. The van der Waals surface area contributed by atoms with Gasteiger partial charge in [0.15, 0.2) is 0 Å². The number of carboxylic acids is 1. The monoisotopic (exact) mass is 208 g/mol. The number of ether oxygens (including phenoxy) is 1. The zero-order chi connectivity index (χ0) is 11.4. The highest BCUT2D eigenvalue weighted by Gasteiger charge is 2.10. The van der Waals surface area contributed by atoms with E-state index in [9.17, 15) is 4.79 Å². The summed E-state index contributed by atoms with van der Waals surface area (Å²) in [6.45, 7) is 4.14. The van der Waals surface area contributed by atoms with Crippen molar-refractivity contribution in [3.8, 4) is 5.75 Å². The second-order valence-electron chi connectivity index (χ2n) is 3.61. The van der Waals surface area contributed by atoms with Gasteiger partial charge in [0.1, 0.15) is 5.75 Å². The van der Waals surface area contributed by atoms with Crippen molar-refractivity contribution in [1.29, 1.82) is 0 Å². The first-order chi connectivity index (χ1) is 7.08. The molecule has 82 valence electrons. The fourth-order valence-electron chi connectivity index (χ4n) is 1.38. The Morgan fingerprint density at radius 2 is 2.13 bits per heavy atom. The van der Waals surface area contributed by atoms with E-state index in [1.165, 1.54) is 6.07 Å². The van der Waals surface area contributed by atoms with Gasteiger partial charge in [-0.2, -0.15) is 0 Å². The maximum Gasteiger partial charge on any atom is 0.335 e. The second-order valence-corrected chi connectivity index (χ2v) is 3.61. The second kappa shape index (κ2) is 4.82. The Morgan fingerprint density at radius 1 is 1.47 bits per heavy atom. The normalized spacial score (nSPS) is 12.2. The molecule has 0 aliphatic rings. The molecule has 1 aromatic carbocycles.